The van der Waals surface area contributed by atoms with E-state index >= 15 is 0 Å². The third kappa shape index (κ3) is 3.27. The zero-order valence-corrected chi connectivity index (χ0v) is 6.73. The maximum atomic E-state index is 12.2. The average Bonchev–Trinajstić information content (AvgIpc) is 1.85. The fourth-order valence-electron chi connectivity index (χ4n) is 0.529. The molecule has 0 aromatic heterocycles. The van der Waals surface area contributed by atoms with E-state index in [9.17, 15) is 13.6 Å². The van der Waals surface area contributed by atoms with Crippen LogP contribution in [0.5, 0.6) is 0 Å². The van der Waals surface area contributed by atoms with E-state index in [0.29, 0.717) is 12.0 Å². The first-order valence-corrected chi connectivity index (χ1v) is 3.18. The zero-order chi connectivity index (χ0) is 9.07. The summed E-state index contributed by atoms with van der Waals surface area (Å²) in [5.41, 5.74) is 0. The van der Waals surface area contributed by atoms with Crippen molar-refractivity contribution in [1.82, 2.24) is 5.06 Å². The molecule has 0 aromatic carbocycles. The Kier molecular flexibility index (Phi) is 3.38. The Morgan fingerprint density at radius 2 is 2.09 bits per heavy atom. The van der Waals surface area contributed by atoms with E-state index in [2.05, 4.69) is 4.84 Å². The van der Waals surface area contributed by atoms with Crippen LogP contribution in [0.2, 0.25) is 0 Å². The number of hydrogen-bond acceptors (Lipinski definition) is 2. The Balaban J connectivity index is 4.03. The van der Waals surface area contributed by atoms with Gasteiger partial charge >= 0.3 is 11.8 Å². The van der Waals surface area contributed by atoms with Crippen LogP contribution in [0, 0.1) is 0 Å². The molecule has 0 aliphatic carbocycles. The van der Waals surface area contributed by atoms with Crippen molar-refractivity contribution in [3.8, 4) is 0 Å². The molecule has 0 rings (SSSR count). The average molecular weight is 167 g/mol. The summed E-state index contributed by atoms with van der Waals surface area (Å²) in [6.07, 6.45) is 0. The van der Waals surface area contributed by atoms with Crippen molar-refractivity contribution in [3.05, 3.63) is 0 Å². The summed E-state index contributed by atoms with van der Waals surface area (Å²) in [6, 6.07) is 0. The number of hydrogen-bond donors (Lipinski definition) is 0. The summed E-state index contributed by atoms with van der Waals surface area (Å²) >= 11 is 0. The van der Waals surface area contributed by atoms with Gasteiger partial charge in [-0.15, -0.1) is 0 Å². The fourth-order valence-corrected chi connectivity index (χ4v) is 0.529. The number of hydroxylamine groups is 2. The normalized spacial score (nSPS) is 11.4. The lowest BCUT2D eigenvalue weighted by Crippen LogP contribution is -2.39. The Hall–Kier alpha value is -0.710. The van der Waals surface area contributed by atoms with Gasteiger partial charge in [-0.3, -0.25) is 9.63 Å². The minimum absolute atomic E-state index is 0.193. The quantitative estimate of drug-likeness (QED) is 0.588. The van der Waals surface area contributed by atoms with Crippen LogP contribution in [0.15, 0.2) is 0 Å². The van der Waals surface area contributed by atoms with Crippen LogP contribution in [-0.2, 0) is 9.63 Å². The molecule has 1 amide bonds. The molecule has 5 heteroatoms. The highest BCUT2D eigenvalue weighted by molar-refractivity contribution is 5.81. The van der Waals surface area contributed by atoms with Gasteiger partial charge in [0.1, 0.15) is 0 Å². The van der Waals surface area contributed by atoms with Crippen molar-refractivity contribution >= 4 is 5.91 Å². The molecule has 0 N–H and O–H groups in total. The molecule has 0 fully saturated rings. The van der Waals surface area contributed by atoms with Crippen LogP contribution in [0.3, 0.4) is 0 Å². The van der Waals surface area contributed by atoms with E-state index in [1.807, 2.05) is 0 Å². The van der Waals surface area contributed by atoms with E-state index in [1.165, 1.54) is 0 Å². The molecule has 0 saturated heterocycles. The largest absolute Gasteiger partial charge is 0.324 e. The zero-order valence-electron chi connectivity index (χ0n) is 6.73. The maximum Gasteiger partial charge on any atom is 0.324 e. The smallest absolute Gasteiger partial charge is 0.271 e. The monoisotopic (exact) mass is 167 g/mol. The van der Waals surface area contributed by atoms with E-state index in [1.54, 1.807) is 6.92 Å². The minimum atomic E-state index is -3.36. The van der Waals surface area contributed by atoms with E-state index in [-0.39, 0.29) is 6.61 Å². The van der Waals surface area contributed by atoms with Crippen molar-refractivity contribution in [2.45, 2.75) is 19.8 Å². The number of rotatable bonds is 3. The topological polar surface area (TPSA) is 29.5 Å². The van der Waals surface area contributed by atoms with Crippen molar-refractivity contribution < 1.29 is 18.4 Å². The first kappa shape index (κ1) is 10.3. The number of amides is 1. The second kappa shape index (κ2) is 3.61. The maximum absolute atomic E-state index is 12.2. The summed E-state index contributed by atoms with van der Waals surface area (Å²) in [7, 11) is 1.16. The second-order valence-electron chi connectivity index (χ2n) is 2.11. The Morgan fingerprint density at radius 3 is 2.36 bits per heavy atom. The van der Waals surface area contributed by atoms with E-state index < -0.39 is 11.8 Å². The number of nitrogens with zero attached hydrogens (tertiary/aromatic N) is 1. The van der Waals surface area contributed by atoms with Crippen LogP contribution in [-0.4, -0.2) is 30.5 Å². The van der Waals surface area contributed by atoms with Gasteiger partial charge in [0.2, 0.25) is 0 Å². The van der Waals surface area contributed by atoms with E-state index in [4.69, 9.17) is 0 Å². The lowest BCUT2D eigenvalue weighted by molar-refractivity contribution is -0.198. The molecule has 0 spiro atoms. The number of carbonyl (C=O) groups is 1. The predicted octanol–water partition coefficient (Wildman–Crippen LogP) is 1.05. The molecule has 0 atom stereocenters. The van der Waals surface area contributed by atoms with Crippen molar-refractivity contribution in [2.24, 2.45) is 0 Å². The summed E-state index contributed by atoms with van der Waals surface area (Å²) in [5.74, 6) is -4.69. The van der Waals surface area contributed by atoms with Gasteiger partial charge in [-0.25, -0.2) is 5.06 Å². The van der Waals surface area contributed by atoms with Crippen LogP contribution >= 0.6 is 0 Å². The molecule has 0 aliphatic rings. The summed E-state index contributed by atoms with van der Waals surface area (Å²) in [4.78, 5) is 15.1. The minimum Gasteiger partial charge on any atom is -0.271 e. The van der Waals surface area contributed by atoms with Gasteiger partial charge in [0.15, 0.2) is 0 Å². The molecule has 66 valence electrons. The van der Waals surface area contributed by atoms with Gasteiger partial charge in [-0.05, 0) is 6.92 Å². The van der Waals surface area contributed by atoms with Crippen LogP contribution in [0.1, 0.15) is 13.8 Å². The first-order chi connectivity index (χ1) is 4.89. The molecule has 11 heavy (non-hydrogen) atoms. The third-order valence-electron chi connectivity index (χ3n) is 0.984. The Morgan fingerprint density at radius 1 is 1.64 bits per heavy atom. The summed E-state index contributed by atoms with van der Waals surface area (Å²) < 4.78 is 24.4. The van der Waals surface area contributed by atoms with E-state index in [0.717, 1.165) is 7.05 Å². The van der Waals surface area contributed by atoms with Gasteiger partial charge in [-0.2, -0.15) is 8.78 Å². The van der Waals surface area contributed by atoms with Gasteiger partial charge in [-0.1, -0.05) is 0 Å². The molecule has 0 heterocycles. The Labute approximate surface area is 63.9 Å². The van der Waals surface area contributed by atoms with Gasteiger partial charge in [0, 0.05) is 14.0 Å². The molecule has 0 aliphatic heterocycles. The highest BCUT2D eigenvalue weighted by atomic mass is 19.3. The molecule has 0 radical (unpaired) electrons. The van der Waals surface area contributed by atoms with Crippen molar-refractivity contribution in [3.63, 3.8) is 0 Å². The number of carbonyl (C=O) groups excluding carboxylic acids is 1. The Bertz CT molecular complexity index is 144. The van der Waals surface area contributed by atoms with Crippen molar-refractivity contribution in [1.29, 1.82) is 0 Å². The van der Waals surface area contributed by atoms with Crippen LogP contribution < -0.4 is 0 Å². The molecule has 3 nitrogen and oxygen atoms in total. The third-order valence-corrected chi connectivity index (χ3v) is 0.984. The van der Waals surface area contributed by atoms with Gasteiger partial charge in [0.05, 0.1) is 6.61 Å². The van der Waals surface area contributed by atoms with Crippen molar-refractivity contribution in [2.75, 3.05) is 13.7 Å². The summed E-state index contributed by atoms with van der Waals surface area (Å²) in [6.45, 7) is 2.33. The fraction of sp³-hybridized carbons (Fsp3) is 0.833. The molecule has 0 saturated carbocycles. The van der Waals surface area contributed by atoms with Crippen LogP contribution in [0.25, 0.3) is 0 Å². The SMILES string of the molecule is CCON(C)C(=O)C(C)(F)F. The van der Waals surface area contributed by atoms with Gasteiger partial charge < -0.3 is 0 Å². The van der Waals surface area contributed by atoms with Gasteiger partial charge in [0.25, 0.3) is 0 Å². The highest BCUT2D eigenvalue weighted by Crippen LogP contribution is 2.14. The summed E-state index contributed by atoms with van der Waals surface area (Å²) in [5, 5.41) is 0.542. The standard InChI is InChI=1S/C6H11F2NO2/c1-4-11-9(3)5(10)6(2,7)8/h4H2,1-3H3. The molecule has 0 unspecified atom stereocenters. The molecular weight excluding hydrogens is 156 g/mol. The predicted molar refractivity (Wildman–Crippen MR) is 35.0 cm³/mol. The molecular formula is C6H11F2NO2. The van der Waals surface area contributed by atoms with Crippen LogP contribution in [0.4, 0.5) is 8.78 Å². The second-order valence-corrected chi connectivity index (χ2v) is 2.11. The lowest BCUT2D eigenvalue weighted by atomic mass is 10.4. The number of alkyl halides is 2. The highest BCUT2D eigenvalue weighted by Gasteiger charge is 2.35. The molecule has 0 bridgehead atoms. The lowest BCUT2D eigenvalue weighted by Gasteiger charge is -2.18. The molecule has 0 aromatic rings. The number of halogens is 2. The first-order valence-electron chi connectivity index (χ1n) is 3.18.